The van der Waals surface area contributed by atoms with Crippen LogP contribution in [-0.2, 0) is 4.79 Å². The molecule has 0 saturated heterocycles. The van der Waals surface area contributed by atoms with Crippen LogP contribution >= 0.6 is 0 Å². The van der Waals surface area contributed by atoms with Gasteiger partial charge in [0.15, 0.2) is 5.96 Å². The van der Waals surface area contributed by atoms with Crippen molar-refractivity contribution in [3.8, 4) is 5.75 Å². The molecule has 1 aromatic rings. The second kappa shape index (κ2) is 6.83. The van der Waals surface area contributed by atoms with Crippen molar-refractivity contribution in [1.82, 2.24) is 0 Å². The molecule has 0 spiro atoms. The van der Waals surface area contributed by atoms with Crippen molar-refractivity contribution >= 4 is 17.9 Å². The summed E-state index contributed by atoms with van der Waals surface area (Å²) in [5, 5.41) is 14.7. The molecule has 0 amide bonds. The van der Waals surface area contributed by atoms with Gasteiger partial charge in [-0.15, -0.1) is 0 Å². The van der Waals surface area contributed by atoms with E-state index >= 15 is 0 Å². The van der Waals surface area contributed by atoms with E-state index in [1.165, 1.54) is 19.1 Å². The summed E-state index contributed by atoms with van der Waals surface area (Å²) >= 11 is 0. The van der Waals surface area contributed by atoms with Gasteiger partial charge in [-0.25, -0.2) is 4.79 Å². The number of rotatable bonds is 2. The Balaban J connectivity index is 0.000000557. The van der Waals surface area contributed by atoms with Gasteiger partial charge in [0.05, 0.1) is 0 Å². The number of carbonyl (C=O) groups excluding carboxylic acids is 1. The average molecular weight is 239 g/mol. The second-order valence-corrected chi connectivity index (χ2v) is 2.85. The molecule has 0 heterocycles. The largest absolute Gasteiger partial charge is 0.478 e. The molecule has 92 valence electrons. The monoisotopic (exact) mass is 239 g/mol. The molecule has 0 radical (unpaired) electrons. The highest BCUT2D eigenvalue weighted by Gasteiger charge is 2.10. The van der Waals surface area contributed by atoms with E-state index in [0.29, 0.717) is 0 Å². The first kappa shape index (κ1) is 14.4. The number of ether oxygens (including phenoxy) is 1. The van der Waals surface area contributed by atoms with E-state index in [1.54, 1.807) is 12.1 Å². The lowest BCUT2D eigenvalue weighted by Crippen LogP contribution is -2.20. The van der Waals surface area contributed by atoms with E-state index in [1.807, 2.05) is 0 Å². The number of nitrogens with two attached hydrogens (primary N) is 2. The Morgan fingerprint density at radius 2 is 1.76 bits per heavy atom. The lowest BCUT2D eigenvalue weighted by atomic mass is 10.2. The Bertz CT molecular complexity index is 427. The third kappa shape index (κ3) is 6.50. The lowest BCUT2D eigenvalue weighted by molar-refractivity contribution is -0.131. The zero-order valence-electron chi connectivity index (χ0n) is 9.14. The Hall–Kier alpha value is -2.57. The molecule has 0 aliphatic heterocycles. The maximum Gasteiger partial charge on any atom is 0.339 e. The average Bonchev–Trinajstić information content (AvgIpc) is 2.16. The summed E-state index contributed by atoms with van der Waals surface area (Å²) in [4.78, 5) is 21.2. The molecule has 7 heteroatoms. The van der Waals surface area contributed by atoms with Crippen LogP contribution in [0.25, 0.3) is 0 Å². The summed E-state index contributed by atoms with van der Waals surface area (Å²) in [6.45, 7) is 1.22. The first-order valence-electron chi connectivity index (χ1n) is 4.44. The summed E-state index contributed by atoms with van der Waals surface area (Å²) in [6, 6.07) is 5.98. The van der Waals surface area contributed by atoms with Crippen LogP contribution in [0.1, 0.15) is 17.3 Å². The van der Waals surface area contributed by atoms with Crippen LogP contribution in [-0.4, -0.2) is 23.0 Å². The van der Waals surface area contributed by atoms with Gasteiger partial charge in [0.25, 0.3) is 0 Å². The van der Waals surface area contributed by atoms with Gasteiger partial charge in [-0.2, -0.15) is 0 Å². The molecule has 6 N–H and O–H groups in total. The second-order valence-electron chi connectivity index (χ2n) is 2.85. The summed E-state index contributed by atoms with van der Waals surface area (Å²) in [6.07, 6.45) is 0. The number of hydrogen-bond donors (Lipinski definition) is 4. The molecule has 0 saturated carbocycles. The maximum absolute atomic E-state index is 10.6. The number of carboxylic acids is 1. The van der Waals surface area contributed by atoms with E-state index in [0.717, 1.165) is 0 Å². The molecule has 0 aliphatic carbocycles. The fourth-order valence-corrected chi connectivity index (χ4v) is 0.887. The van der Waals surface area contributed by atoms with E-state index in [9.17, 15) is 9.59 Å². The smallest absolute Gasteiger partial charge is 0.339 e. The summed E-state index contributed by atoms with van der Waals surface area (Å²) in [5.74, 6) is -1.91. The summed E-state index contributed by atoms with van der Waals surface area (Å²) in [5.41, 5.74) is 8.93. The van der Waals surface area contributed by atoms with Crippen LogP contribution in [0.2, 0.25) is 0 Å². The van der Waals surface area contributed by atoms with Crippen molar-refractivity contribution in [2.24, 2.45) is 11.5 Å². The SMILES string of the molecule is CC(=O)Oc1ccccc1C(=O)O.N=C(N)N. The molecule has 0 fully saturated rings. The quantitative estimate of drug-likeness (QED) is 0.250. The van der Waals surface area contributed by atoms with Crippen LogP contribution in [0.15, 0.2) is 24.3 Å². The minimum Gasteiger partial charge on any atom is -0.478 e. The van der Waals surface area contributed by atoms with Crippen molar-refractivity contribution in [1.29, 1.82) is 5.41 Å². The van der Waals surface area contributed by atoms with E-state index in [2.05, 4.69) is 16.2 Å². The van der Waals surface area contributed by atoms with Crippen molar-refractivity contribution in [3.05, 3.63) is 29.8 Å². The number of carbonyl (C=O) groups is 2. The van der Waals surface area contributed by atoms with Gasteiger partial charge >= 0.3 is 11.9 Å². The van der Waals surface area contributed by atoms with Crippen LogP contribution < -0.4 is 16.2 Å². The predicted molar refractivity (Wildman–Crippen MR) is 60.8 cm³/mol. The number of guanidine groups is 1. The van der Waals surface area contributed by atoms with Crippen LogP contribution in [0, 0.1) is 5.41 Å². The molecule has 7 nitrogen and oxygen atoms in total. The Kier molecular flexibility index (Phi) is 5.80. The van der Waals surface area contributed by atoms with Crippen molar-refractivity contribution in [2.45, 2.75) is 6.92 Å². The van der Waals surface area contributed by atoms with Gasteiger partial charge in [-0.3, -0.25) is 10.2 Å². The molecule has 0 aromatic heterocycles. The zero-order chi connectivity index (χ0) is 13.4. The molecule has 0 unspecified atom stereocenters. The molecule has 0 bridgehead atoms. The fourth-order valence-electron chi connectivity index (χ4n) is 0.887. The number of esters is 1. The molecule has 0 atom stereocenters. The van der Waals surface area contributed by atoms with Gasteiger partial charge in [0.1, 0.15) is 11.3 Å². The topological polar surface area (TPSA) is 139 Å². The summed E-state index contributed by atoms with van der Waals surface area (Å²) < 4.78 is 4.69. The van der Waals surface area contributed by atoms with Crippen LogP contribution in [0.4, 0.5) is 0 Å². The van der Waals surface area contributed by atoms with Crippen molar-refractivity contribution < 1.29 is 19.4 Å². The fraction of sp³-hybridized carbons (Fsp3) is 0.100. The Morgan fingerprint density at radius 1 is 1.29 bits per heavy atom. The van der Waals surface area contributed by atoms with Gasteiger partial charge in [-0.1, -0.05) is 12.1 Å². The standard InChI is InChI=1S/C9H8O4.CH5N3/c1-6(10)13-8-5-3-2-4-7(8)9(11)12;2-1(3)4/h2-5H,1H3,(H,11,12);(H5,2,3,4). The van der Waals surface area contributed by atoms with Crippen molar-refractivity contribution in [2.75, 3.05) is 0 Å². The highest BCUT2D eigenvalue weighted by molar-refractivity contribution is 5.91. The highest BCUT2D eigenvalue weighted by atomic mass is 16.5. The minimum atomic E-state index is -1.11. The van der Waals surface area contributed by atoms with Gasteiger partial charge < -0.3 is 21.3 Å². The van der Waals surface area contributed by atoms with E-state index in [-0.39, 0.29) is 17.3 Å². The lowest BCUT2D eigenvalue weighted by Gasteiger charge is -2.03. The number of aromatic carboxylic acids is 1. The highest BCUT2D eigenvalue weighted by Crippen LogP contribution is 2.17. The first-order chi connectivity index (χ1) is 7.84. The van der Waals surface area contributed by atoms with Gasteiger partial charge in [0.2, 0.25) is 0 Å². The maximum atomic E-state index is 10.6. The van der Waals surface area contributed by atoms with Crippen LogP contribution in [0.5, 0.6) is 5.75 Å². The van der Waals surface area contributed by atoms with Gasteiger partial charge in [-0.05, 0) is 12.1 Å². The minimum absolute atomic E-state index is 0.0160. The number of benzene rings is 1. The van der Waals surface area contributed by atoms with E-state index < -0.39 is 11.9 Å². The Morgan fingerprint density at radius 3 is 2.18 bits per heavy atom. The molecular weight excluding hydrogens is 226 g/mol. The normalized spacial score (nSPS) is 8.53. The third-order valence-electron chi connectivity index (χ3n) is 1.37. The number of para-hydroxylation sites is 1. The van der Waals surface area contributed by atoms with Gasteiger partial charge in [0, 0.05) is 6.92 Å². The van der Waals surface area contributed by atoms with Crippen LogP contribution in [0.3, 0.4) is 0 Å². The molecular formula is C10H13N3O4. The molecule has 1 aromatic carbocycles. The Labute approximate surface area is 97.5 Å². The molecule has 17 heavy (non-hydrogen) atoms. The zero-order valence-corrected chi connectivity index (χ0v) is 9.14. The number of hydrogen-bond acceptors (Lipinski definition) is 4. The molecule has 0 aliphatic rings. The third-order valence-corrected chi connectivity index (χ3v) is 1.37. The van der Waals surface area contributed by atoms with Crippen molar-refractivity contribution in [3.63, 3.8) is 0 Å². The number of nitrogens with one attached hydrogen (secondary N) is 1. The predicted octanol–water partition coefficient (Wildman–Crippen LogP) is 0.149. The first-order valence-corrected chi connectivity index (χ1v) is 4.44. The molecule has 1 rings (SSSR count). The summed E-state index contributed by atoms with van der Waals surface area (Å²) in [7, 11) is 0. The van der Waals surface area contributed by atoms with E-state index in [4.69, 9.17) is 10.5 Å². The number of carboxylic acid groups (broad SMARTS) is 1.